The molecule has 94 valence electrons. The van der Waals surface area contributed by atoms with Gasteiger partial charge in [0.15, 0.2) is 11.2 Å². The van der Waals surface area contributed by atoms with E-state index >= 15 is 0 Å². The number of nitrogens with one attached hydrogen (secondary N) is 2. The minimum atomic E-state index is -0.307. The third-order valence-electron chi connectivity index (χ3n) is 2.30. The minimum absolute atomic E-state index is 0.0762. The van der Waals surface area contributed by atoms with Crippen LogP contribution in [-0.2, 0) is 6.54 Å². The number of aromatic nitrogens is 3. The van der Waals surface area contributed by atoms with Gasteiger partial charge in [0.1, 0.15) is 0 Å². The summed E-state index contributed by atoms with van der Waals surface area (Å²) < 4.78 is 4.83. The van der Waals surface area contributed by atoms with Crippen molar-refractivity contribution in [2.45, 2.75) is 6.54 Å². The zero-order valence-corrected chi connectivity index (χ0v) is 11.5. The summed E-state index contributed by atoms with van der Waals surface area (Å²) in [4.78, 5) is 33.9. The highest BCUT2D eigenvalue weighted by Gasteiger charge is 2.14. The fourth-order valence-corrected chi connectivity index (χ4v) is 1.71. The zero-order chi connectivity index (χ0) is 13.1. The van der Waals surface area contributed by atoms with E-state index in [1.54, 1.807) is 22.6 Å². The van der Waals surface area contributed by atoms with Crippen molar-refractivity contribution in [2.75, 3.05) is 7.11 Å². The lowest BCUT2D eigenvalue weighted by molar-refractivity contribution is 0.262. The van der Waals surface area contributed by atoms with E-state index in [0.717, 1.165) is 0 Å². The largest absolute Gasteiger partial charge is 0.482 e. The molecule has 0 spiro atoms. The number of ether oxygens (including phenoxy) is 1. The molecular weight excluding hydrogens is 351 g/mol. The van der Waals surface area contributed by atoms with Gasteiger partial charge >= 0.3 is 0 Å². The first-order valence-corrected chi connectivity index (χ1v) is 6.04. The average molecular weight is 360 g/mol. The van der Waals surface area contributed by atoms with Crippen LogP contribution in [0.5, 0.6) is 5.88 Å². The highest BCUT2D eigenvalue weighted by Crippen LogP contribution is 2.14. The number of fused-ring (bicyclic) bond motifs is 1. The van der Waals surface area contributed by atoms with Crippen molar-refractivity contribution in [2.24, 2.45) is 0 Å². The van der Waals surface area contributed by atoms with Gasteiger partial charge in [0, 0.05) is 35.0 Å². The number of hydrogen-bond acceptors (Lipinski definition) is 5. The highest BCUT2D eigenvalue weighted by atomic mass is 127. The second-order valence-electron chi connectivity index (χ2n) is 3.35. The van der Waals surface area contributed by atoms with Crippen LogP contribution in [0.2, 0.25) is 0 Å². The van der Waals surface area contributed by atoms with E-state index in [4.69, 9.17) is 4.74 Å². The molecule has 0 aliphatic heterocycles. The van der Waals surface area contributed by atoms with E-state index in [2.05, 4.69) is 20.3 Å². The number of carbonyl (C=O) groups is 1. The Morgan fingerprint density at radius 2 is 2.22 bits per heavy atom. The normalized spacial score (nSPS) is 10.3. The van der Waals surface area contributed by atoms with Gasteiger partial charge in [-0.15, -0.1) is 0 Å². The quantitative estimate of drug-likeness (QED) is 0.483. The lowest BCUT2D eigenvalue weighted by Crippen LogP contribution is -2.23. The summed E-state index contributed by atoms with van der Waals surface area (Å²) in [6, 6.07) is 0. The Kier molecular flexibility index (Phi) is 3.75. The fraction of sp³-hybridized carbons (Fsp3) is 0.200. The number of nitrogens with zero attached hydrogens (tertiary/aromatic N) is 2. The Bertz CT molecular complexity index is 655. The molecule has 0 saturated heterocycles. The molecule has 7 nitrogen and oxygen atoms in total. The first kappa shape index (κ1) is 12.7. The molecule has 2 heterocycles. The third kappa shape index (κ3) is 2.42. The van der Waals surface area contributed by atoms with E-state index in [9.17, 15) is 9.59 Å². The monoisotopic (exact) mass is 360 g/mol. The molecule has 18 heavy (non-hydrogen) atoms. The molecule has 0 aromatic carbocycles. The van der Waals surface area contributed by atoms with E-state index in [1.165, 1.54) is 19.5 Å². The Morgan fingerprint density at radius 1 is 1.50 bits per heavy atom. The molecule has 0 radical (unpaired) electrons. The summed E-state index contributed by atoms with van der Waals surface area (Å²) in [5, 5.41) is 2.54. The predicted octanol–water partition coefficient (Wildman–Crippen LogP) is 0.971. The summed E-state index contributed by atoms with van der Waals surface area (Å²) in [5.74, 6) is 0.276. The van der Waals surface area contributed by atoms with E-state index in [0.29, 0.717) is 11.2 Å². The van der Waals surface area contributed by atoms with Crippen molar-refractivity contribution >= 4 is 37.7 Å². The number of methoxy groups -OCH3 is 1. The summed E-state index contributed by atoms with van der Waals surface area (Å²) in [6.45, 7) is 0.0762. The lowest BCUT2D eigenvalue weighted by atomic mass is 10.2. The SMILES string of the molecule is COc1[nH]c2nccnc2c(=O)c1CNC(=O)I. The maximum absolute atomic E-state index is 12.2. The van der Waals surface area contributed by atoms with Crippen molar-refractivity contribution in [3.63, 3.8) is 0 Å². The van der Waals surface area contributed by atoms with Crippen molar-refractivity contribution < 1.29 is 9.53 Å². The van der Waals surface area contributed by atoms with Crippen LogP contribution in [-0.4, -0.2) is 26.0 Å². The highest BCUT2D eigenvalue weighted by molar-refractivity contribution is 14.1. The van der Waals surface area contributed by atoms with E-state index in [1.807, 2.05) is 0 Å². The smallest absolute Gasteiger partial charge is 0.280 e. The summed E-state index contributed by atoms with van der Waals surface area (Å²) in [5.41, 5.74) is 0.578. The standard InChI is InChI=1S/C10H9IN4O3/c1-18-9-5(4-14-10(11)17)7(16)6-8(15-9)13-3-2-12-6/h2-3H,4H2,1H3,(H,14,17)(H,13,15,16). The lowest BCUT2D eigenvalue weighted by Gasteiger charge is -2.08. The molecule has 0 aliphatic carbocycles. The van der Waals surface area contributed by atoms with Crippen LogP contribution >= 0.6 is 22.6 Å². The van der Waals surface area contributed by atoms with Gasteiger partial charge in [0.05, 0.1) is 19.2 Å². The van der Waals surface area contributed by atoms with Gasteiger partial charge in [-0.25, -0.2) is 9.97 Å². The number of halogens is 1. The van der Waals surface area contributed by atoms with Gasteiger partial charge < -0.3 is 15.0 Å². The molecule has 0 unspecified atom stereocenters. The van der Waals surface area contributed by atoms with Crippen LogP contribution < -0.4 is 15.5 Å². The Morgan fingerprint density at radius 3 is 2.89 bits per heavy atom. The Labute approximate surface area is 115 Å². The number of amides is 1. The van der Waals surface area contributed by atoms with Crippen molar-refractivity contribution in [3.05, 3.63) is 28.2 Å². The molecule has 8 heteroatoms. The number of carbonyl (C=O) groups excluding carboxylic acids is 1. The van der Waals surface area contributed by atoms with Gasteiger partial charge in [-0.3, -0.25) is 9.59 Å². The Hall–Kier alpha value is -1.71. The van der Waals surface area contributed by atoms with Gasteiger partial charge in [-0.1, -0.05) is 0 Å². The maximum atomic E-state index is 12.2. The van der Waals surface area contributed by atoms with Crippen LogP contribution in [0.4, 0.5) is 4.79 Å². The maximum Gasteiger partial charge on any atom is 0.280 e. The molecule has 0 saturated carbocycles. The molecule has 0 aliphatic rings. The average Bonchev–Trinajstić information content (AvgIpc) is 2.37. The second kappa shape index (κ2) is 5.29. The Balaban J connectivity index is 2.59. The molecular formula is C10H9IN4O3. The number of rotatable bonds is 3. The number of pyridine rings is 1. The first-order chi connectivity index (χ1) is 8.63. The van der Waals surface area contributed by atoms with Crippen molar-refractivity contribution in [3.8, 4) is 5.88 Å². The predicted molar refractivity (Wildman–Crippen MR) is 73.0 cm³/mol. The second-order valence-corrected chi connectivity index (χ2v) is 4.33. The zero-order valence-electron chi connectivity index (χ0n) is 9.36. The number of hydrogen-bond donors (Lipinski definition) is 2. The van der Waals surface area contributed by atoms with Crippen molar-refractivity contribution in [1.29, 1.82) is 0 Å². The number of aromatic amines is 1. The van der Waals surface area contributed by atoms with Crippen LogP contribution in [0.15, 0.2) is 17.2 Å². The van der Waals surface area contributed by atoms with Gasteiger partial charge in [0.2, 0.25) is 11.3 Å². The first-order valence-electron chi connectivity index (χ1n) is 4.96. The molecule has 1 amide bonds. The molecule has 0 fully saturated rings. The molecule has 2 rings (SSSR count). The van der Waals surface area contributed by atoms with Gasteiger partial charge in [-0.2, -0.15) is 0 Å². The molecule has 0 atom stereocenters. The van der Waals surface area contributed by atoms with Crippen LogP contribution in [0.25, 0.3) is 11.2 Å². The van der Waals surface area contributed by atoms with Crippen LogP contribution in [0.1, 0.15) is 5.56 Å². The topological polar surface area (TPSA) is 97.0 Å². The summed E-state index contributed by atoms with van der Waals surface area (Å²) in [7, 11) is 1.43. The van der Waals surface area contributed by atoms with Crippen LogP contribution in [0, 0.1) is 0 Å². The minimum Gasteiger partial charge on any atom is -0.482 e. The van der Waals surface area contributed by atoms with E-state index < -0.39 is 0 Å². The summed E-state index contributed by atoms with van der Waals surface area (Å²) >= 11 is 1.59. The molecule has 2 aromatic rings. The molecule has 2 N–H and O–H groups in total. The van der Waals surface area contributed by atoms with Crippen molar-refractivity contribution in [1.82, 2.24) is 20.3 Å². The molecule has 2 aromatic heterocycles. The number of H-pyrrole nitrogens is 1. The third-order valence-corrected chi connectivity index (χ3v) is 2.68. The molecule has 0 bridgehead atoms. The van der Waals surface area contributed by atoms with Gasteiger partial charge in [-0.05, 0) is 0 Å². The fourth-order valence-electron chi connectivity index (χ4n) is 1.52. The van der Waals surface area contributed by atoms with Crippen LogP contribution in [0.3, 0.4) is 0 Å². The summed E-state index contributed by atoms with van der Waals surface area (Å²) in [6.07, 6.45) is 2.91. The van der Waals surface area contributed by atoms with Gasteiger partial charge in [0.25, 0.3) is 3.91 Å². The van der Waals surface area contributed by atoms with E-state index in [-0.39, 0.29) is 27.3 Å².